The number of aromatic nitrogens is 2. The van der Waals surface area contributed by atoms with Crippen LogP contribution in [0.4, 0.5) is 0 Å². The van der Waals surface area contributed by atoms with Crippen molar-refractivity contribution in [2.45, 2.75) is 0 Å². The van der Waals surface area contributed by atoms with Crippen LogP contribution >= 0.6 is 0 Å². The third kappa shape index (κ3) is 3.36. The van der Waals surface area contributed by atoms with Crippen molar-refractivity contribution in [1.82, 2.24) is 9.97 Å². The van der Waals surface area contributed by atoms with Crippen molar-refractivity contribution in [2.24, 2.45) is 0 Å². The number of rotatable bonds is 0. The summed E-state index contributed by atoms with van der Waals surface area (Å²) < 4.78 is 4.47. The fraction of sp³-hybridized carbons (Fsp3) is 0. The van der Waals surface area contributed by atoms with Crippen molar-refractivity contribution in [3.63, 3.8) is 0 Å². The summed E-state index contributed by atoms with van der Waals surface area (Å²) >= 11 is 0. The maximum absolute atomic E-state index is 10.2. The summed E-state index contributed by atoms with van der Waals surface area (Å²) in [5, 5.41) is 0. The molecule has 2 rings (SSSR count). The number of hydrogen-bond acceptors (Lipinski definition) is 3. The fourth-order valence-electron chi connectivity index (χ4n) is 0.553. The van der Waals surface area contributed by atoms with E-state index in [0.29, 0.717) is 0 Å². The topological polar surface area (TPSA) is 58.9 Å². The van der Waals surface area contributed by atoms with Crippen molar-refractivity contribution >= 4 is 0 Å². The second kappa shape index (κ2) is 4.90. The molecule has 1 N–H and O–H groups in total. The lowest BCUT2D eigenvalue weighted by atomic mass is 10.5. The molecular weight excluding hydrogens is 156 g/mol. The molecule has 2 aromatic rings. The number of H-pyrrole nitrogens is 1. The molecule has 4 heteroatoms. The SMILES string of the molecule is O=c1cccc[nH]1.c1cocn1. The van der Waals surface area contributed by atoms with Crippen LogP contribution in [-0.2, 0) is 0 Å². The summed E-state index contributed by atoms with van der Waals surface area (Å²) in [5.41, 5.74) is -0.0532. The van der Waals surface area contributed by atoms with E-state index in [9.17, 15) is 4.79 Å². The van der Waals surface area contributed by atoms with E-state index >= 15 is 0 Å². The molecule has 12 heavy (non-hydrogen) atoms. The first-order valence-electron chi connectivity index (χ1n) is 3.35. The van der Waals surface area contributed by atoms with Gasteiger partial charge in [0.1, 0.15) is 6.26 Å². The van der Waals surface area contributed by atoms with Crippen molar-refractivity contribution in [3.8, 4) is 0 Å². The molecule has 0 aromatic carbocycles. The normalized spacial score (nSPS) is 8.33. The molecule has 0 radical (unpaired) electrons. The summed E-state index contributed by atoms with van der Waals surface area (Å²) in [6.45, 7) is 0. The predicted octanol–water partition coefficient (Wildman–Crippen LogP) is 1.05. The summed E-state index contributed by atoms with van der Waals surface area (Å²) in [4.78, 5) is 16.2. The Morgan fingerprint density at radius 1 is 1.42 bits per heavy atom. The molecule has 4 nitrogen and oxygen atoms in total. The summed E-state index contributed by atoms with van der Waals surface area (Å²) in [6.07, 6.45) is 6.07. The van der Waals surface area contributed by atoms with Crippen LogP contribution in [0, 0.1) is 0 Å². The Morgan fingerprint density at radius 2 is 2.33 bits per heavy atom. The number of nitrogens with zero attached hydrogens (tertiary/aromatic N) is 1. The zero-order valence-corrected chi connectivity index (χ0v) is 6.31. The van der Waals surface area contributed by atoms with Crippen LogP contribution in [0.3, 0.4) is 0 Å². The van der Waals surface area contributed by atoms with Gasteiger partial charge in [0, 0.05) is 12.3 Å². The van der Waals surface area contributed by atoms with E-state index in [0.717, 1.165) is 0 Å². The Bertz CT molecular complexity index is 305. The minimum Gasteiger partial charge on any atom is -0.452 e. The Balaban J connectivity index is 0.000000127. The van der Waals surface area contributed by atoms with Gasteiger partial charge in [0.2, 0.25) is 5.56 Å². The van der Waals surface area contributed by atoms with Gasteiger partial charge in [-0.1, -0.05) is 6.07 Å². The van der Waals surface area contributed by atoms with E-state index in [1.807, 2.05) is 0 Å². The van der Waals surface area contributed by atoms with Crippen molar-refractivity contribution < 1.29 is 4.42 Å². The summed E-state index contributed by atoms with van der Waals surface area (Å²) in [7, 11) is 0. The molecular formula is C8H8N2O2. The first kappa shape index (κ1) is 8.26. The number of hydrogen-bond donors (Lipinski definition) is 1. The molecule has 0 unspecified atom stereocenters. The van der Waals surface area contributed by atoms with Crippen LogP contribution in [0.15, 0.2) is 52.5 Å². The Hall–Kier alpha value is -1.84. The summed E-state index contributed by atoms with van der Waals surface area (Å²) in [5.74, 6) is 0. The average molecular weight is 164 g/mol. The Kier molecular flexibility index (Phi) is 3.37. The van der Waals surface area contributed by atoms with E-state index in [1.54, 1.807) is 24.5 Å². The van der Waals surface area contributed by atoms with Gasteiger partial charge in [0.05, 0.1) is 6.20 Å². The lowest BCUT2D eigenvalue weighted by molar-refractivity contribution is 0.558. The monoisotopic (exact) mass is 164 g/mol. The van der Waals surface area contributed by atoms with Gasteiger partial charge in [-0.05, 0) is 6.07 Å². The largest absolute Gasteiger partial charge is 0.452 e. The summed E-state index contributed by atoms with van der Waals surface area (Å²) in [6, 6.07) is 4.93. The third-order valence-corrected chi connectivity index (χ3v) is 1.03. The predicted molar refractivity (Wildman–Crippen MR) is 43.6 cm³/mol. The van der Waals surface area contributed by atoms with Gasteiger partial charge in [-0.15, -0.1) is 0 Å². The number of oxazole rings is 1. The van der Waals surface area contributed by atoms with E-state index in [2.05, 4.69) is 14.4 Å². The van der Waals surface area contributed by atoms with E-state index in [4.69, 9.17) is 0 Å². The van der Waals surface area contributed by atoms with Gasteiger partial charge in [0.25, 0.3) is 0 Å². The molecule has 0 saturated carbocycles. The highest BCUT2D eigenvalue weighted by Gasteiger charge is 1.69. The van der Waals surface area contributed by atoms with E-state index in [1.165, 1.54) is 18.7 Å². The second-order valence-electron chi connectivity index (χ2n) is 1.90. The number of aromatic amines is 1. The van der Waals surface area contributed by atoms with Gasteiger partial charge in [-0.2, -0.15) is 0 Å². The quantitative estimate of drug-likeness (QED) is 0.633. The maximum atomic E-state index is 10.2. The molecule has 0 aliphatic rings. The molecule has 0 aliphatic heterocycles. The van der Waals surface area contributed by atoms with E-state index in [-0.39, 0.29) is 5.56 Å². The first-order chi connectivity index (χ1) is 5.89. The molecule has 2 aromatic heterocycles. The zero-order valence-electron chi connectivity index (χ0n) is 6.31. The van der Waals surface area contributed by atoms with Gasteiger partial charge in [-0.25, -0.2) is 4.98 Å². The van der Waals surface area contributed by atoms with Crippen LogP contribution in [0.5, 0.6) is 0 Å². The number of pyridine rings is 1. The van der Waals surface area contributed by atoms with Crippen LogP contribution in [0.25, 0.3) is 0 Å². The van der Waals surface area contributed by atoms with Gasteiger partial charge in [-0.3, -0.25) is 4.79 Å². The minimum absolute atomic E-state index is 0.0532. The van der Waals surface area contributed by atoms with Crippen LogP contribution < -0.4 is 5.56 Å². The van der Waals surface area contributed by atoms with Crippen molar-refractivity contribution in [2.75, 3.05) is 0 Å². The molecule has 0 amide bonds. The first-order valence-corrected chi connectivity index (χ1v) is 3.35. The van der Waals surface area contributed by atoms with Crippen LogP contribution in [-0.4, -0.2) is 9.97 Å². The minimum atomic E-state index is -0.0532. The van der Waals surface area contributed by atoms with Crippen LogP contribution in [0.1, 0.15) is 0 Å². The van der Waals surface area contributed by atoms with Crippen LogP contribution in [0.2, 0.25) is 0 Å². The molecule has 0 saturated heterocycles. The van der Waals surface area contributed by atoms with Gasteiger partial charge in [0.15, 0.2) is 6.39 Å². The van der Waals surface area contributed by atoms with Gasteiger partial charge < -0.3 is 9.40 Å². The standard InChI is InChI=1S/C5H5NO.C3H3NO/c7-5-3-1-2-4-6-5;1-2-5-3-4-1/h1-4H,(H,6,7);1-3H. The lowest BCUT2D eigenvalue weighted by Crippen LogP contribution is -1.98. The maximum Gasteiger partial charge on any atom is 0.247 e. The zero-order chi connectivity index (χ0) is 8.65. The Labute approximate surface area is 68.9 Å². The van der Waals surface area contributed by atoms with E-state index < -0.39 is 0 Å². The third-order valence-electron chi connectivity index (χ3n) is 1.03. The highest BCUT2D eigenvalue weighted by Crippen LogP contribution is 1.72. The fourth-order valence-corrected chi connectivity index (χ4v) is 0.553. The van der Waals surface area contributed by atoms with Gasteiger partial charge >= 0.3 is 0 Å². The smallest absolute Gasteiger partial charge is 0.247 e. The highest BCUT2D eigenvalue weighted by atomic mass is 16.3. The molecule has 0 atom stereocenters. The Morgan fingerprint density at radius 3 is 2.58 bits per heavy atom. The highest BCUT2D eigenvalue weighted by molar-refractivity contribution is 4.89. The molecule has 2 heterocycles. The molecule has 0 spiro atoms. The van der Waals surface area contributed by atoms with Crippen molar-refractivity contribution in [3.05, 3.63) is 53.6 Å². The second-order valence-corrected chi connectivity index (χ2v) is 1.90. The molecule has 0 fully saturated rings. The molecule has 62 valence electrons. The molecule has 0 bridgehead atoms. The molecule has 0 aliphatic carbocycles. The number of nitrogens with one attached hydrogen (secondary N) is 1. The lowest BCUT2D eigenvalue weighted by Gasteiger charge is -1.73. The van der Waals surface area contributed by atoms with Crippen molar-refractivity contribution in [1.29, 1.82) is 0 Å². The average Bonchev–Trinajstić information content (AvgIpc) is 2.62.